The number of carbonyl (C=O) groups is 1. The molecule has 1 aliphatic heterocycles. The zero-order valence-electron chi connectivity index (χ0n) is 19.8. The van der Waals surface area contributed by atoms with Gasteiger partial charge in [-0.15, -0.1) is 0 Å². The van der Waals surface area contributed by atoms with E-state index < -0.39 is 5.54 Å². The molecule has 0 bridgehead atoms. The van der Waals surface area contributed by atoms with E-state index in [2.05, 4.69) is 37.0 Å². The van der Waals surface area contributed by atoms with Crippen molar-refractivity contribution in [2.45, 2.75) is 58.1 Å². The van der Waals surface area contributed by atoms with Crippen molar-refractivity contribution in [2.75, 3.05) is 7.11 Å². The molecular formula is C28H32ClNO3. The minimum absolute atomic E-state index is 0.221. The first kappa shape index (κ1) is 23.6. The zero-order chi connectivity index (χ0) is 23.8. The molecule has 4 nitrogen and oxygen atoms in total. The number of ether oxygens (including phenoxy) is 2. The molecule has 5 heteroatoms. The Morgan fingerprint density at radius 3 is 2.36 bits per heavy atom. The van der Waals surface area contributed by atoms with Crippen molar-refractivity contribution in [3.05, 3.63) is 76.6 Å². The number of hydrogen-bond donors (Lipinski definition) is 1. The lowest BCUT2D eigenvalue weighted by molar-refractivity contribution is -0.144. The van der Waals surface area contributed by atoms with Gasteiger partial charge in [-0.1, -0.05) is 56.3 Å². The van der Waals surface area contributed by atoms with E-state index in [0.717, 1.165) is 59.2 Å². The van der Waals surface area contributed by atoms with Gasteiger partial charge in [0.15, 0.2) is 0 Å². The number of allylic oxidation sites excluding steroid dienone is 1. The van der Waals surface area contributed by atoms with Crippen molar-refractivity contribution in [1.29, 1.82) is 0 Å². The maximum Gasteiger partial charge on any atom is 0.313 e. The molecule has 1 spiro atoms. The third-order valence-electron chi connectivity index (χ3n) is 6.83. The van der Waals surface area contributed by atoms with Crippen molar-refractivity contribution in [2.24, 2.45) is 5.92 Å². The molecule has 4 rings (SSSR count). The number of halogens is 1. The Morgan fingerprint density at radius 1 is 1.12 bits per heavy atom. The van der Waals surface area contributed by atoms with Crippen molar-refractivity contribution >= 4 is 23.1 Å². The highest BCUT2D eigenvalue weighted by Gasteiger charge is 2.48. The topological polar surface area (TPSA) is 47.6 Å². The summed E-state index contributed by atoms with van der Waals surface area (Å²) >= 11 is 6.09. The normalized spacial score (nSPS) is 22.7. The van der Waals surface area contributed by atoms with Gasteiger partial charge in [-0.05, 0) is 73.1 Å². The van der Waals surface area contributed by atoms with Crippen LogP contribution in [-0.2, 0) is 14.3 Å². The lowest BCUT2D eigenvalue weighted by Gasteiger charge is -2.38. The van der Waals surface area contributed by atoms with Gasteiger partial charge in [-0.2, -0.15) is 0 Å². The highest BCUT2D eigenvalue weighted by atomic mass is 35.5. The Hall–Kier alpha value is -2.56. The SMILES string of the molecule is C=C1NC2(CCC(OC)CC2)C(OC(=O)C(C)C)=C1c1cc(-c2ccc(Cl)cc2)ccc1C. The summed E-state index contributed by atoms with van der Waals surface area (Å²) in [5.41, 5.74) is 5.54. The second-order valence-electron chi connectivity index (χ2n) is 9.44. The van der Waals surface area contributed by atoms with E-state index in [1.165, 1.54) is 0 Å². The molecule has 1 saturated carbocycles. The fourth-order valence-corrected chi connectivity index (χ4v) is 4.95. The Morgan fingerprint density at radius 2 is 1.76 bits per heavy atom. The lowest BCUT2D eigenvalue weighted by atomic mass is 9.79. The summed E-state index contributed by atoms with van der Waals surface area (Å²) in [5, 5.41) is 4.34. The van der Waals surface area contributed by atoms with E-state index in [4.69, 9.17) is 21.1 Å². The van der Waals surface area contributed by atoms with Gasteiger partial charge in [0.2, 0.25) is 0 Å². The number of carbonyl (C=O) groups excluding carboxylic acids is 1. The van der Waals surface area contributed by atoms with E-state index in [1.54, 1.807) is 7.11 Å². The molecule has 2 aliphatic rings. The van der Waals surface area contributed by atoms with Gasteiger partial charge in [-0.3, -0.25) is 4.79 Å². The molecule has 1 fully saturated rings. The number of aryl methyl sites for hydroxylation is 1. The molecule has 1 heterocycles. The number of methoxy groups -OCH3 is 1. The van der Waals surface area contributed by atoms with Crippen LogP contribution in [0, 0.1) is 12.8 Å². The van der Waals surface area contributed by atoms with Gasteiger partial charge in [-0.25, -0.2) is 0 Å². The molecule has 174 valence electrons. The third-order valence-corrected chi connectivity index (χ3v) is 7.08. The summed E-state index contributed by atoms with van der Waals surface area (Å²) in [6, 6.07) is 14.2. The largest absolute Gasteiger partial charge is 0.428 e. The Labute approximate surface area is 201 Å². The molecule has 2 aromatic rings. The first-order chi connectivity index (χ1) is 15.7. The predicted molar refractivity (Wildman–Crippen MR) is 134 cm³/mol. The molecule has 1 N–H and O–H groups in total. The fourth-order valence-electron chi connectivity index (χ4n) is 4.82. The molecule has 0 unspecified atom stereocenters. The summed E-state index contributed by atoms with van der Waals surface area (Å²) < 4.78 is 11.7. The highest BCUT2D eigenvalue weighted by Crippen LogP contribution is 2.47. The number of nitrogens with one attached hydrogen (secondary N) is 1. The number of hydrogen-bond acceptors (Lipinski definition) is 4. The molecule has 2 aromatic carbocycles. The van der Waals surface area contributed by atoms with Gasteiger partial charge in [0.1, 0.15) is 5.76 Å². The Kier molecular flexibility index (Phi) is 6.69. The molecule has 33 heavy (non-hydrogen) atoms. The third kappa shape index (κ3) is 4.60. The summed E-state index contributed by atoms with van der Waals surface area (Å²) in [5.74, 6) is 0.261. The van der Waals surface area contributed by atoms with E-state index >= 15 is 0 Å². The summed E-state index contributed by atoms with van der Waals surface area (Å²) in [7, 11) is 1.76. The minimum Gasteiger partial charge on any atom is -0.428 e. The molecule has 1 aliphatic carbocycles. The quantitative estimate of drug-likeness (QED) is 0.501. The summed E-state index contributed by atoms with van der Waals surface area (Å²) in [4.78, 5) is 12.8. The molecule has 0 amide bonds. The van der Waals surface area contributed by atoms with Gasteiger partial charge in [0.25, 0.3) is 0 Å². The van der Waals surface area contributed by atoms with E-state index in [9.17, 15) is 4.79 Å². The predicted octanol–water partition coefficient (Wildman–Crippen LogP) is 6.67. The summed E-state index contributed by atoms with van der Waals surface area (Å²) in [6.07, 6.45) is 3.68. The average Bonchev–Trinajstić information content (AvgIpc) is 3.05. The molecule has 0 saturated heterocycles. The molecular weight excluding hydrogens is 434 g/mol. The van der Waals surface area contributed by atoms with E-state index in [0.29, 0.717) is 10.8 Å². The van der Waals surface area contributed by atoms with E-state index in [1.807, 2.05) is 38.1 Å². The van der Waals surface area contributed by atoms with Gasteiger partial charge in [0, 0.05) is 23.4 Å². The Balaban J connectivity index is 1.83. The van der Waals surface area contributed by atoms with Crippen molar-refractivity contribution in [3.8, 4) is 11.1 Å². The monoisotopic (exact) mass is 465 g/mol. The van der Waals surface area contributed by atoms with Gasteiger partial charge < -0.3 is 14.8 Å². The van der Waals surface area contributed by atoms with Crippen LogP contribution in [0.2, 0.25) is 5.02 Å². The Bertz CT molecular complexity index is 1090. The summed E-state index contributed by atoms with van der Waals surface area (Å²) in [6.45, 7) is 10.2. The first-order valence-corrected chi connectivity index (χ1v) is 12.0. The van der Waals surface area contributed by atoms with E-state index in [-0.39, 0.29) is 18.0 Å². The minimum atomic E-state index is -0.436. The number of rotatable bonds is 5. The van der Waals surface area contributed by atoms with Crippen LogP contribution in [0.5, 0.6) is 0 Å². The van der Waals surface area contributed by atoms with Crippen LogP contribution in [0.3, 0.4) is 0 Å². The number of benzene rings is 2. The smallest absolute Gasteiger partial charge is 0.313 e. The van der Waals surface area contributed by atoms with Gasteiger partial charge in [0.05, 0.1) is 17.6 Å². The van der Waals surface area contributed by atoms with Crippen molar-refractivity contribution in [3.63, 3.8) is 0 Å². The second kappa shape index (κ2) is 9.36. The van der Waals surface area contributed by atoms with Crippen LogP contribution in [0.15, 0.2) is 60.5 Å². The first-order valence-electron chi connectivity index (χ1n) is 11.6. The number of esters is 1. The average molecular weight is 466 g/mol. The molecule has 0 aromatic heterocycles. The maximum absolute atomic E-state index is 12.8. The fraction of sp³-hybridized carbons (Fsp3) is 0.393. The van der Waals surface area contributed by atoms with Crippen molar-refractivity contribution < 1.29 is 14.3 Å². The lowest BCUT2D eigenvalue weighted by Crippen LogP contribution is -2.47. The van der Waals surface area contributed by atoms with Crippen LogP contribution in [0.1, 0.15) is 50.7 Å². The van der Waals surface area contributed by atoms with Crippen LogP contribution in [0.25, 0.3) is 16.7 Å². The van der Waals surface area contributed by atoms with Crippen LogP contribution in [-0.4, -0.2) is 24.7 Å². The highest BCUT2D eigenvalue weighted by molar-refractivity contribution is 6.30. The van der Waals surface area contributed by atoms with Crippen LogP contribution in [0.4, 0.5) is 0 Å². The van der Waals surface area contributed by atoms with Crippen molar-refractivity contribution in [1.82, 2.24) is 5.32 Å². The standard InChI is InChI=1S/C28H32ClNO3/c1-17(2)27(31)33-26-25(19(4)30-28(26)14-12-23(32-5)13-15-28)24-16-21(7-6-18(24)3)20-8-10-22(29)11-9-20/h6-11,16-17,23,30H,4,12-15H2,1-3,5H3. The maximum atomic E-state index is 12.8. The van der Waals surface area contributed by atoms with Crippen LogP contribution >= 0.6 is 11.6 Å². The van der Waals surface area contributed by atoms with Crippen LogP contribution < -0.4 is 5.32 Å². The second-order valence-corrected chi connectivity index (χ2v) is 9.87. The zero-order valence-corrected chi connectivity index (χ0v) is 20.6. The molecule has 0 atom stereocenters. The van der Waals surface area contributed by atoms with Gasteiger partial charge >= 0.3 is 5.97 Å². The molecule has 0 radical (unpaired) electrons.